The number of nitrogens with one attached hydrogen (secondary N) is 1. The van der Waals surface area contributed by atoms with Gasteiger partial charge in [0.2, 0.25) is 0 Å². The predicted molar refractivity (Wildman–Crippen MR) is 56.6 cm³/mol. The van der Waals surface area contributed by atoms with Crippen LogP contribution >= 0.6 is 12.4 Å². The van der Waals surface area contributed by atoms with Gasteiger partial charge in [0.25, 0.3) is 0 Å². The summed E-state index contributed by atoms with van der Waals surface area (Å²) in [6, 6.07) is 0.549. The fourth-order valence-electron chi connectivity index (χ4n) is 2.20. The molecule has 1 aliphatic carbocycles. The number of esters is 1. The monoisotopic (exact) mass is 219 g/mol. The molecule has 1 saturated heterocycles. The Labute approximate surface area is 91.0 Å². The second-order valence-electron chi connectivity index (χ2n) is 4.01. The van der Waals surface area contributed by atoms with Crippen LogP contribution in [0.25, 0.3) is 0 Å². The fraction of sp³-hybridized carbons (Fsp3) is 0.900. The maximum absolute atomic E-state index is 11.2. The van der Waals surface area contributed by atoms with Crippen LogP contribution < -0.4 is 5.32 Å². The zero-order valence-corrected chi connectivity index (χ0v) is 9.15. The molecule has 0 amide bonds. The number of hydrogen-bond donors (Lipinski definition) is 1. The molecule has 2 fully saturated rings. The van der Waals surface area contributed by atoms with Gasteiger partial charge in [-0.1, -0.05) is 19.3 Å². The van der Waals surface area contributed by atoms with Crippen molar-refractivity contribution in [2.75, 3.05) is 6.61 Å². The first kappa shape index (κ1) is 11.8. The van der Waals surface area contributed by atoms with Crippen molar-refractivity contribution >= 4 is 18.4 Å². The normalized spacial score (nSPS) is 28.3. The lowest BCUT2D eigenvalue weighted by Gasteiger charge is -2.24. The highest BCUT2D eigenvalue weighted by Gasteiger charge is 2.28. The molecule has 0 aromatic rings. The summed E-state index contributed by atoms with van der Waals surface area (Å²) >= 11 is 0. The topological polar surface area (TPSA) is 38.3 Å². The van der Waals surface area contributed by atoms with E-state index in [-0.39, 0.29) is 24.4 Å². The molecule has 14 heavy (non-hydrogen) atoms. The fourth-order valence-corrected chi connectivity index (χ4v) is 2.20. The minimum absolute atomic E-state index is 0. The summed E-state index contributed by atoms with van der Waals surface area (Å²) in [6.07, 6.45) is 7.27. The van der Waals surface area contributed by atoms with Gasteiger partial charge in [0.1, 0.15) is 6.04 Å². The van der Waals surface area contributed by atoms with Gasteiger partial charge in [0.15, 0.2) is 0 Å². The molecule has 1 aliphatic heterocycles. The van der Waals surface area contributed by atoms with Crippen LogP contribution in [0.3, 0.4) is 0 Å². The molecule has 1 atom stereocenters. The Kier molecular flexibility index (Phi) is 4.69. The van der Waals surface area contributed by atoms with Crippen LogP contribution in [-0.4, -0.2) is 24.7 Å². The van der Waals surface area contributed by atoms with Crippen molar-refractivity contribution in [2.24, 2.45) is 0 Å². The molecule has 0 radical (unpaired) electrons. The largest absolute Gasteiger partial charge is 0.464 e. The highest BCUT2D eigenvalue weighted by atomic mass is 35.5. The van der Waals surface area contributed by atoms with Gasteiger partial charge in [-0.3, -0.25) is 4.79 Å². The third-order valence-corrected chi connectivity index (χ3v) is 2.98. The molecule has 0 aromatic heterocycles. The van der Waals surface area contributed by atoms with Crippen molar-refractivity contribution in [3.63, 3.8) is 0 Å². The van der Waals surface area contributed by atoms with Crippen molar-refractivity contribution in [3.05, 3.63) is 0 Å². The van der Waals surface area contributed by atoms with E-state index >= 15 is 0 Å². The molecule has 0 aromatic carbocycles. The van der Waals surface area contributed by atoms with Crippen LogP contribution in [0.4, 0.5) is 0 Å². The Morgan fingerprint density at radius 1 is 1.14 bits per heavy atom. The first-order valence-corrected chi connectivity index (χ1v) is 5.29. The number of cyclic esters (lactones) is 1. The molecule has 0 spiro atoms. The van der Waals surface area contributed by atoms with Crippen molar-refractivity contribution in [1.82, 2.24) is 5.32 Å². The van der Waals surface area contributed by atoms with Crippen LogP contribution in [0.2, 0.25) is 0 Å². The van der Waals surface area contributed by atoms with E-state index in [0.29, 0.717) is 12.6 Å². The minimum Gasteiger partial charge on any atom is -0.464 e. The maximum atomic E-state index is 11.2. The third kappa shape index (κ3) is 2.85. The number of ether oxygens (including phenoxy) is 1. The lowest BCUT2D eigenvalue weighted by molar-refractivity contribution is -0.139. The number of hydrogen-bond acceptors (Lipinski definition) is 3. The van der Waals surface area contributed by atoms with Gasteiger partial charge < -0.3 is 10.1 Å². The highest BCUT2D eigenvalue weighted by molar-refractivity contribution is 5.85. The van der Waals surface area contributed by atoms with Crippen molar-refractivity contribution in [3.8, 4) is 0 Å². The van der Waals surface area contributed by atoms with E-state index in [1.54, 1.807) is 0 Å². The third-order valence-electron chi connectivity index (χ3n) is 2.98. The van der Waals surface area contributed by atoms with Gasteiger partial charge in [-0.25, -0.2) is 0 Å². The highest BCUT2D eigenvalue weighted by Crippen LogP contribution is 2.19. The smallest absolute Gasteiger partial charge is 0.323 e. The minimum atomic E-state index is -0.0504. The van der Waals surface area contributed by atoms with Gasteiger partial charge in [-0.15, -0.1) is 12.4 Å². The Morgan fingerprint density at radius 3 is 2.43 bits per heavy atom. The first-order chi connectivity index (χ1) is 6.36. The summed E-state index contributed by atoms with van der Waals surface area (Å²) in [5.74, 6) is -0.0504. The van der Waals surface area contributed by atoms with E-state index in [0.717, 1.165) is 6.42 Å². The second kappa shape index (κ2) is 5.56. The molecule has 0 bridgehead atoms. The Balaban J connectivity index is 0.000000980. The number of halogens is 1. The van der Waals surface area contributed by atoms with E-state index in [9.17, 15) is 4.79 Å². The second-order valence-corrected chi connectivity index (χ2v) is 4.01. The molecule has 2 rings (SSSR count). The van der Waals surface area contributed by atoms with Gasteiger partial charge in [-0.05, 0) is 12.8 Å². The van der Waals surface area contributed by atoms with E-state index < -0.39 is 0 Å². The molecular formula is C10H18ClNO2. The molecule has 2 aliphatic rings. The lowest BCUT2D eigenvalue weighted by atomic mass is 9.95. The van der Waals surface area contributed by atoms with Crippen molar-refractivity contribution < 1.29 is 9.53 Å². The van der Waals surface area contributed by atoms with Crippen LogP contribution in [0, 0.1) is 0 Å². The Bertz CT molecular complexity index is 193. The quantitative estimate of drug-likeness (QED) is 0.718. The predicted octanol–water partition coefficient (Wildman–Crippen LogP) is 1.65. The summed E-state index contributed by atoms with van der Waals surface area (Å²) < 4.78 is 4.91. The van der Waals surface area contributed by atoms with E-state index in [1.807, 2.05) is 0 Å². The molecule has 1 saturated carbocycles. The number of carbonyl (C=O) groups excluding carboxylic acids is 1. The molecule has 1 heterocycles. The molecule has 1 unspecified atom stereocenters. The molecule has 82 valence electrons. The summed E-state index contributed by atoms with van der Waals surface area (Å²) in [5.41, 5.74) is 0. The van der Waals surface area contributed by atoms with E-state index in [4.69, 9.17) is 4.74 Å². The van der Waals surface area contributed by atoms with Crippen LogP contribution in [-0.2, 0) is 9.53 Å². The Morgan fingerprint density at radius 2 is 1.86 bits per heavy atom. The number of rotatable bonds is 2. The van der Waals surface area contributed by atoms with E-state index in [1.165, 1.54) is 32.1 Å². The van der Waals surface area contributed by atoms with Crippen LogP contribution in [0.15, 0.2) is 0 Å². The summed E-state index contributed by atoms with van der Waals surface area (Å²) in [5, 5.41) is 3.39. The summed E-state index contributed by atoms with van der Waals surface area (Å²) in [4.78, 5) is 11.2. The van der Waals surface area contributed by atoms with E-state index in [2.05, 4.69) is 5.32 Å². The zero-order chi connectivity index (χ0) is 9.10. The maximum Gasteiger partial charge on any atom is 0.323 e. The summed E-state index contributed by atoms with van der Waals surface area (Å²) in [7, 11) is 0. The average Bonchev–Trinajstić information content (AvgIpc) is 2.54. The molecular weight excluding hydrogens is 202 g/mol. The van der Waals surface area contributed by atoms with Crippen LogP contribution in [0.1, 0.15) is 38.5 Å². The standard InChI is InChI=1S/C10H17NO2.ClH/c12-10-9(6-7-13-10)11-8-4-2-1-3-5-8;/h8-9,11H,1-7H2;1H. The molecule has 3 nitrogen and oxygen atoms in total. The zero-order valence-electron chi connectivity index (χ0n) is 8.33. The van der Waals surface area contributed by atoms with Crippen LogP contribution in [0.5, 0.6) is 0 Å². The van der Waals surface area contributed by atoms with Gasteiger partial charge >= 0.3 is 5.97 Å². The average molecular weight is 220 g/mol. The lowest BCUT2D eigenvalue weighted by Crippen LogP contribution is -2.41. The molecule has 1 N–H and O–H groups in total. The molecule has 4 heteroatoms. The van der Waals surface area contributed by atoms with Crippen molar-refractivity contribution in [2.45, 2.75) is 50.6 Å². The summed E-state index contributed by atoms with van der Waals surface area (Å²) in [6.45, 7) is 0.600. The van der Waals surface area contributed by atoms with Gasteiger partial charge in [0.05, 0.1) is 6.61 Å². The van der Waals surface area contributed by atoms with Crippen molar-refractivity contribution in [1.29, 1.82) is 0 Å². The van der Waals surface area contributed by atoms with Gasteiger partial charge in [0, 0.05) is 12.5 Å². The first-order valence-electron chi connectivity index (χ1n) is 5.29. The Hall–Kier alpha value is -0.280. The number of carbonyl (C=O) groups is 1. The SMILES string of the molecule is Cl.O=C1OCCC1NC1CCCCC1. The van der Waals surface area contributed by atoms with Gasteiger partial charge in [-0.2, -0.15) is 0 Å².